The molecule has 7 aromatic carbocycles. The van der Waals surface area contributed by atoms with Gasteiger partial charge < -0.3 is 28.4 Å². The summed E-state index contributed by atoms with van der Waals surface area (Å²) >= 11 is 0. The van der Waals surface area contributed by atoms with Crippen LogP contribution in [0.15, 0.2) is 97.1 Å². The van der Waals surface area contributed by atoms with Crippen molar-refractivity contribution in [3.05, 3.63) is 125 Å². The largest absolute Gasteiger partial charge is 0.458 e. The third kappa shape index (κ3) is 6.70. The maximum atomic E-state index is 7.18. The van der Waals surface area contributed by atoms with E-state index in [-0.39, 0.29) is 47.2 Å². The molecule has 71 heavy (non-hydrogen) atoms. The van der Waals surface area contributed by atoms with E-state index in [1.807, 2.05) is 0 Å². The van der Waals surface area contributed by atoms with Crippen molar-refractivity contribution in [3.8, 4) is 69.0 Å². The molecular formula is C62H61B3O6. The van der Waals surface area contributed by atoms with Gasteiger partial charge in [0.05, 0.1) is 0 Å². The Kier molecular flexibility index (Phi) is 8.86. The zero-order valence-electron chi connectivity index (χ0n) is 43.9. The maximum Gasteiger partial charge on any atom is 0.260 e. The molecule has 6 nitrogen and oxygen atoms in total. The standard InChI is InChI=1S/C62H61B3O6/c1-58(2,3)32-16-18-43-37(20-32)63-39-28-41-47(30-45(39)68-51-24-34(60(7,8)9)22-49(66-43)55(51)63)70-53-26-36(62(13,14)15)27-54-57(53)65(41)42-29-40-46(31-48(42)71-54)69-52-25-35(61(10,11)12)23-50-56(52)64(40)38-21-33(59(4,5)6)17-19-44(38)67-50/h16-31H,1-15H3. The Morgan fingerprint density at radius 2 is 0.451 bits per heavy atom. The zero-order chi connectivity index (χ0) is 49.8. The summed E-state index contributed by atoms with van der Waals surface area (Å²) in [6.07, 6.45) is 0. The van der Waals surface area contributed by atoms with E-state index in [1.165, 1.54) is 11.1 Å². The second kappa shape index (κ2) is 14.1. The molecule has 6 aliphatic rings. The fourth-order valence-electron chi connectivity index (χ4n) is 11.7. The van der Waals surface area contributed by atoms with Gasteiger partial charge in [0.2, 0.25) is 0 Å². The Hall–Kier alpha value is -6.47. The van der Waals surface area contributed by atoms with Crippen LogP contribution in [0, 0.1) is 0 Å². The molecule has 0 bridgehead atoms. The van der Waals surface area contributed by atoms with E-state index in [2.05, 4.69) is 201 Å². The highest BCUT2D eigenvalue weighted by molar-refractivity contribution is 7.02. The average Bonchev–Trinajstić information content (AvgIpc) is 3.27. The monoisotopic (exact) mass is 934 g/mol. The average molecular weight is 935 g/mol. The quantitative estimate of drug-likeness (QED) is 0.141. The fourth-order valence-corrected chi connectivity index (χ4v) is 11.7. The van der Waals surface area contributed by atoms with Crippen molar-refractivity contribution in [2.75, 3.05) is 0 Å². The van der Waals surface area contributed by atoms with Gasteiger partial charge in [0, 0.05) is 28.5 Å². The highest BCUT2D eigenvalue weighted by Crippen LogP contribution is 2.45. The molecule has 0 unspecified atom stereocenters. The van der Waals surface area contributed by atoms with E-state index in [0.29, 0.717) is 0 Å². The van der Waals surface area contributed by atoms with Crippen molar-refractivity contribution >= 4 is 69.3 Å². The Morgan fingerprint density at radius 1 is 0.225 bits per heavy atom. The van der Waals surface area contributed by atoms with Crippen molar-refractivity contribution in [2.45, 2.75) is 131 Å². The van der Waals surface area contributed by atoms with Crippen LogP contribution in [0.3, 0.4) is 0 Å². The lowest BCUT2D eigenvalue weighted by atomic mass is 9.30. The Morgan fingerprint density at radius 3 is 0.690 bits per heavy atom. The van der Waals surface area contributed by atoms with Gasteiger partial charge in [0.25, 0.3) is 20.1 Å². The first-order valence-electron chi connectivity index (χ1n) is 25.5. The Balaban J connectivity index is 1.05. The molecule has 0 amide bonds. The van der Waals surface area contributed by atoms with Crippen molar-refractivity contribution in [3.63, 3.8) is 0 Å². The predicted octanol–water partition coefficient (Wildman–Crippen LogP) is 10.4. The summed E-state index contributed by atoms with van der Waals surface area (Å²) in [5, 5.41) is 0. The smallest absolute Gasteiger partial charge is 0.260 e. The molecule has 0 atom stereocenters. The number of ether oxygens (including phenoxy) is 6. The molecule has 0 fully saturated rings. The number of fused-ring (bicyclic) bond motifs is 12. The van der Waals surface area contributed by atoms with E-state index in [0.717, 1.165) is 135 Å². The van der Waals surface area contributed by atoms with Crippen molar-refractivity contribution in [2.24, 2.45) is 0 Å². The normalized spacial score (nSPS) is 15.3. The minimum Gasteiger partial charge on any atom is -0.458 e. The Labute approximate surface area is 420 Å². The predicted molar refractivity (Wildman–Crippen MR) is 293 cm³/mol. The van der Waals surface area contributed by atoms with Gasteiger partial charge in [-0.25, -0.2) is 0 Å². The molecule has 6 aliphatic heterocycles. The lowest BCUT2D eigenvalue weighted by Crippen LogP contribution is -2.63. The van der Waals surface area contributed by atoms with Gasteiger partial charge >= 0.3 is 0 Å². The van der Waals surface area contributed by atoms with E-state index in [1.54, 1.807) is 0 Å². The third-order valence-corrected chi connectivity index (χ3v) is 16.0. The molecule has 0 N–H and O–H groups in total. The maximum absolute atomic E-state index is 7.18. The molecule has 6 heterocycles. The number of rotatable bonds is 0. The van der Waals surface area contributed by atoms with Crippen LogP contribution in [0.1, 0.15) is 132 Å². The highest BCUT2D eigenvalue weighted by Gasteiger charge is 2.49. The third-order valence-electron chi connectivity index (χ3n) is 16.0. The number of benzene rings is 7. The Bertz CT molecular complexity index is 3310. The van der Waals surface area contributed by atoms with Gasteiger partial charge in [-0.2, -0.15) is 0 Å². The topological polar surface area (TPSA) is 55.4 Å². The lowest BCUT2D eigenvalue weighted by Gasteiger charge is -2.39. The van der Waals surface area contributed by atoms with Crippen molar-refractivity contribution in [1.29, 1.82) is 0 Å². The highest BCUT2D eigenvalue weighted by atomic mass is 16.5. The summed E-state index contributed by atoms with van der Waals surface area (Å²) in [6, 6.07) is 35.9. The second-order valence-corrected chi connectivity index (χ2v) is 26.2. The van der Waals surface area contributed by atoms with Crippen LogP contribution in [-0.4, -0.2) is 20.1 Å². The first-order chi connectivity index (χ1) is 33.3. The molecule has 0 spiro atoms. The van der Waals surface area contributed by atoms with Gasteiger partial charge in [-0.1, -0.05) is 140 Å². The molecule has 0 saturated heterocycles. The molecule has 0 aromatic heterocycles. The molecule has 0 aliphatic carbocycles. The van der Waals surface area contributed by atoms with E-state index >= 15 is 0 Å². The molecule has 0 saturated carbocycles. The fraction of sp³-hybridized carbons (Fsp3) is 0.323. The van der Waals surface area contributed by atoms with Gasteiger partial charge in [-0.05, 0) is 136 Å². The van der Waals surface area contributed by atoms with Crippen LogP contribution in [0.25, 0.3) is 0 Å². The molecule has 7 aromatic rings. The van der Waals surface area contributed by atoms with Crippen LogP contribution in [-0.2, 0) is 27.1 Å². The summed E-state index contributed by atoms with van der Waals surface area (Å²) < 4.78 is 42.4. The molecule has 0 radical (unpaired) electrons. The molecular weight excluding hydrogens is 873 g/mol. The molecule has 354 valence electrons. The first kappa shape index (κ1) is 44.5. The van der Waals surface area contributed by atoms with Crippen LogP contribution in [0.2, 0.25) is 0 Å². The van der Waals surface area contributed by atoms with Gasteiger partial charge in [0.1, 0.15) is 69.0 Å². The lowest BCUT2D eigenvalue weighted by molar-refractivity contribution is 0.443. The van der Waals surface area contributed by atoms with Crippen LogP contribution < -0.4 is 77.6 Å². The van der Waals surface area contributed by atoms with Gasteiger partial charge in [-0.15, -0.1) is 0 Å². The summed E-state index contributed by atoms with van der Waals surface area (Å²) in [6.45, 7) is 33.3. The minimum atomic E-state index is -0.231. The van der Waals surface area contributed by atoms with Crippen LogP contribution in [0.5, 0.6) is 69.0 Å². The van der Waals surface area contributed by atoms with E-state index in [4.69, 9.17) is 28.4 Å². The summed E-state index contributed by atoms with van der Waals surface area (Å²) in [4.78, 5) is 0. The molecule has 9 heteroatoms. The number of hydrogen-bond acceptors (Lipinski definition) is 6. The second-order valence-electron chi connectivity index (χ2n) is 26.2. The van der Waals surface area contributed by atoms with Gasteiger partial charge in [-0.3, -0.25) is 0 Å². The molecule has 13 rings (SSSR count). The van der Waals surface area contributed by atoms with Crippen LogP contribution in [0.4, 0.5) is 0 Å². The van der Waals surface area contributed by atoms with Crippen LogP contribution >= 0.6 is 0 Å². The van der Waals surface area contributed by atoms with E-state index < -0.39 is 0 Å². The van der Waals surface area contributed by atoms with Gasteiger partial charge in [0.15, 0.2) is 0 Å². The van der Waals surface area contributed by atoms with Crippen molar-refractivity contribution < 1.29 is 28.4 Å². The SMILES string of the molecule is CC(C)(C)c1cc2c3c(c1)Oc1cc4c(cc1B3c1cc(C(C)(C)C)ccc1O2)B1c2cc3c(cc2Oc2cc(C(C)(C)C)cc(c21)O4)Oc1cc(C(C)(C)C)cc2c1B3c1cc(C(C)(C)C)ccc1O2. The summed E-state index contributed by atoms with van der Waals surface area (Å²) in [7, 11) is 0. The zero-order valence-corrected chi connectivity index (χ0v) is 43.9. The number of hydrogen-bond donors (Lipinski definition) is 0. The van der Waals surface area contributed by atoms with E-state index in [9.17, 15) is 0 Å². The minimum absolute atomic E-state index is 0.0674. The van der Waals surface area contributed by atoms with Crippen molar-refractivity contribution in [1.82, 2.24) is 0 Å². The first-order valence-corrected chi connectivity index (χ1v) is 25.5. The summed E-state index contributed by atoms with van der Waals surface area (Å²) in [5.74, 6) is 9.85. The summed E-state index contributed by atoms with van der Waals surface area (Å²) in [5.41, 5.74) is 15.2.